The molecule has 0 atom stereocenters. The zero-order valence-electron chi connectivity index (χ0n) is 15.7. The highest BCUT2D eigenvalue weighted by Crippen LogP contribution is 2.29. The van der Waals surface area contributed by atoms with Crippen LogP contribution in [0.15, 0.2) is 60.2 Å². The molecule has 0 aliphatic rings. The summed E-state index contributed by atoms with van der Waals surface area (Å²) >= 11 is 0. The Kier molecular flexibility index (Phi) is 6.35. The maximum absolute atomic E-state index is 11.4. The first-order valence-electron chi connectivity index (χ1n) is 8.63. The highest BCUT2D eigenvalue weighted by molar-refractivity contribution is 5.92. The van der Waals surface area contributed by atoms with Gasteiger partial charge in [0.05, 0.1) is 6.61 Å². The van der Waals surface area contributed by atoms with Crippen LogP contribution in [0.1, 0.15) is 37.5 Å². The number of aryl methyl sites for hydroxylation is 2. The molecule has 0 aliphatic carbocycles. The molecule has 2 aromatic rings. The van der Waals surface area contributed by atoms with Crippen LogP contribution in [0.25, 0.3) is 16.3 Å². The fourth-order valence-corrected chi connectivity index (χ4v) is 2.96. The van der Waals surface area contributed by atoms with Crippen LogP contribution in [-0.4, -0.2) is 12.6 Å². The van der Waals surface area contributed by atoms with E-state index in [1.807, 2.05) is 19.1 Å². The van der Waals surface area contributed by atoms with Gasteiger partial charge >= 0.3 is 5.97 Å². The lowest BCUT2D eigenvalue weighted by atomic mass is 9.92. The fourth-order valence-electron chi connectivity index (χ4n) is 2.96. The van der Waals surface area contributed by atoms with Crippen LogP contribution in [-0.2, 0) is 9.53 Å². The number of carbonyl (C=O) groups excluding carboxylic acids is 1. The fraction of sp³-hybridized carbons (Fsp3) is 0.261. The van der Waals surface area contributed by atoms with Gasteiger partial charge in [0.2, 0.25) is 0 Å². The largest absolute Gasteiger partial charge is 0.463 e. The van der Waals surface area contributed by atoms with E-state index < -0.39 is 0 Å². The van der Waals surface area contributed by atoms with Crippen LogP contribution >= 0.6 is 0 Å². The number of esters is 1. The van der Waals surface area contributed by atoms with Crippen molar-refractivity contribution in [3.8, 4) is 0 Å². The first-order valence-corrected chi connectivity index (χ1v) is 8.63. The van der Waals surface area contributed by atoms with Crippen molar-refractivity contribution in [2.45, 2.75) is 34.6 Å². The lowest BCUT2D eigenvalue weighted by molar-refractivity contribution is -0.137. The molecule has 0 amide bonds. The lowest BCUT2D eigenvalue weighted by Gasteiger charge is -2.12. The van der Waals surface area contributed by atoms with Crippen LogP contribution in [0, 0.1) is 13.8 Å². The minimum Gasteiger partial charge on any atom is -0.463 e. The van der Waals surface area contributed by atoms with Gasteiger partial charge in [-0.3, -0.25) is 0 Å². The number of hydrogen-bond acceptors (Lipinski definition) is 2. The molecule has 0 aromatic heterocycles. The van der Waals surface area contributed by atoms with Gasteiger partial charge in [-0.2, -0.15) is 0 Å². The van der Waals surface area contributed by atoms with E-state index in [-0.39, 0.29) is 5.97 Å². The number of benzene rings is 2. The maximum atomic E-state index is 11.4. The summed E-state index contributed by atoms with van der Waals surface area (Å²) in [6, 6.07) is 10.8. The minimum absolute atomic E-state index is 0.300. The predicted octanol–water partition coefficient (Wildman–Crippen LogP) is 5.93. The molecule has 0 radical (unpaired) electrons. The normalized spacial score (nSPS) is 12.8. The highest BCUT2D eigenvalue weighted by Gasteiger charge is 2.07. The molecule has 0 unspecified atom stereocenters. The quantitative estimate of drug-likeness (QED) is 0.385. The predicted molar refractivity (Wildman–Crippen MR) is 107 cm³/mol. The second kappa shape index (κ2) is 8.48. The Morgan fingerprint density at radius 1 is 1.12 bits per heavy atom. The van der Waals surface area contributed by atoms with Gasteiger partial charge in [-0.15, -0.1) is 0 Å². The Bertz CT molecular complexity index is 867. The summed E-state index contributed by atoms with van der Waals surface area (Å²) in [4.78, 5) is 11.4. The molecule has 0 aliphatic heterocycles. The van der Waals surface area contributed by atoms with E-state index in [9.17, 15) is 4.79 Å². The zero-order valence-corrected chi connectivity index (χ0v) is 15.7. The molecule has 0 spiro atoms. The number of allylic oxidation sites excluding steroid dienone is 5. The molecule has 0 saturated heterocycles. The topological polar surface area (TPSA) is 26.3 Å². The van der Waals surface area contributed by atoms with Crippen LogP contribution < -0.4 is 0 Å². The Morgan fingerprint density at radius 3 is 2.48 bits per heavy atom. The molecule has 2 nitrogen and oxygen atoms in total. The average Bonchev–Trinajstić information content (AvgIpc) is 2.58. The second-order valence-electron chi connectivity index (χ2n) is 6.26. The Hall–Kier alpha value is -2.61. The molecular formula is C23H26O2. The van der Waals surface area contributed by atoms with Crippen molar-refractivity contribution in [1.29, 1.82) is 0 Å². The van der Waals surface area contributed by atoms with Crippen molar-refractivity contribution < 1.29 is 9.53 Å². The average molecular weight is 334 g/mol. The van der Waals surface area contributed by atoms with Gasteiger partial charge in [0, 0.05) is 6.08 Å². The van der Waals surface area contributed by atoms with Crippen molar-refractivity contribution in [1.82, 2.24) is 0 Å². The van der Waals surface area contributed by atoms with E-state index in [4.69, 9.17) is 4.74 Å². The molecule has 130 valence electrons. The molecule has 2 heteroatoms. The van der Waals surface area contributed by atoms with Gasteiger partial charge in [0.25, 0.3) is 0 Å². The first kappa shape index (κ1) is 18.7. The third-order valence-corrected chi connectivity index (χ3v) is 4.28. The molecule has 0 N–H and O–H groups in total. The van der Waals surface area contributed by atoms with E-state index in [2.05, 4.69) is 57.2 Å². The lowest BCUT2D eigenvalue weighted by Crippen LogP contribution is -1.99. The standard InChI is InChI=1S/C23H26O2/c1-6-25-23(24)14-16(2)10-9-11-17(3)22-15-18(4)20-12-7-8-13-21(20)19(22)5/h7-15H,6H2,1-5H3/b10-9+,16-14+,17-11+. The smallest absolute Gasteiger partial charge is 0.330 e. The van der Waals surface area contributed by atoms with Crippen LogP contribution in [0.4, 0.5) is 0 Å². The Balaban J connectivity index is 2.28. The number of ether oxygens (including phenoxy) is 1. The molecule has 2 rings (SSSR count). The molecule has 0 fully saturated rings. The highest BCUT2D eigenvalue weighted by atomic mass is 16.5. The van der Waals surface area contributed by atoms with Crippen molar-refractivity contribution in [3.63, 3.8) is 0 Å². The summed E-state index contributed by atoms with van der Waals surface area (Å²) < 4.78 is 4.91. The third-order valence-electron chi connectivity index (χ3n) is 4.28. The minimum atomic E-state index is -0.300. The second-order valence-corrected chi connectivity index (χ2v) is 6.26. The molecule has 0 saturated carbocycles. The molecule has 0 heterocycles. The molecule has 2 aromatic carbocycles. The van der Waals surface area contributed by atoms with E-state index in [0.717, 1.165) is 5.57 Å². The van der Waals surface area contributed by atoms with Crippen molar-refractivity contribution in [2.24, 2.45) is 0 Å². The van der Waals surface area contributed by atoms with Crippen LogP contribution in [0.3, 0.4) is 0 Å². The van der Waals surface area contributed by atoms with Gasteiger partial charge in [0.15, 0.2) is 0 Å². The van der Waals surface area contributed by atoms with Gasteiger partial charge in [0.1, 0.15) is 0 Å². The van der Waals surface area contributed by atoms with E-state index in [1.54, 1.807) is 6.92 Å². The summed E-state index contributed by atoms with van der Waals surface area (Å²) in [5.41, 5.74) is 5.90. The number of fused-ring (bicyclic) bond motifs is 1. The summed E-state index contributed by atoms with van der Waals surface area (Å²) in [6.07, 6.45) is 7.49. The maximum Gasteiger partial charge on any atom is 0.330 e. The van der Waals surface area contributed by atoms with E-state index >= 15 is 0 Å². The molecular weight excluding hydrogens is 308 g/mol. The molecule has 25 heavy (non-hydrogen) atoms. The SMILES string of the molecule is CCOC(=O)/C=C(C)/C=C/C=C(\C)c1cc(C)c2ccccc2c1C. The van der Waals surface area contributed by atoms with Crippen molar-refractivity contribution in [3.05, 3.63) is 76.9 Å². The van der Waals surface area contributed by atoms with Gasteiger partial charge in [-0.25, -0.2) is 4.79 Å². The summed E-state index contributed by atoms with van der Waals surface area (Å²) in [6.45, 7) is 10.5. The number of rotatable bonds is 5. The number of hydrogen-bond donors (Lipinski definition) is 0. The summed E-state index contributed by atoms with van der Waals surface area (Å²) in [5.74, 6) is -0.300. The van der Waals surface area contributed by atoms with Crippen molar-refractivity contribution >= 4 is 22.3 Å². The first-order chi connectivity index (χ1) is 11.9. The van der Waals surface area contributed by atoms with Crippen LogP contribution in [0.2, 0.25) is 0 Å². The monoisotopic (exact) mass is 334 g/mol. The third kappa shape index (κ3) is 4.69. The van der Waals surface area contributed by atoms with Gasteiger partial charge in [-0.05, 0) is 73.2 Å². The Morgan fingerprint density at radius 2 is 1.80 bits per heavy atom. The Labute approximate surface area is 150 Å². The zero-order chi connectivity index (χ0) is 18.4. The van der Waals surface area contributed by atoms with Crippen LogP contribution in [0.5, 0.6) is 0 Å². The molecule has 0 bridgehead atoms. The van der Waals surface area contributed by atoms with Crippen molar-refractivity contribution in [2.75, 3.05) is 6.61 Å². The van der Waals surface area contributed by atoms with E-state index in [1.165, 1.54) is 39.1 Å². The van der Waals surface area contributed by atoms with Gasteiger partial charge in [-0.1, -0.05) is 48.6 Å². The van der Waals surface area contributed by atoms with E-state index in [0.29, 0.717) is 6.61 Å². The van der Waals surface area contributed by atoms with Gasteiger partial charge < -0.3 is 4.74 Å². The number of carbonyl (C=O) groups is 1. The summed E-state index contributed by atoms with van der Waals surface area (Å²) in [7, 11) is 0. The summed E-state index contributed by atoms with van der Waals surface area (Å²) in [5, 5.41) is 2.60.